The van der Waals surface area contributed by atoms with E-state index in [1.807, 2.05) is 30.3 Å². The smallest absolute Gasteiger partial charge is 0.226 e. The van der Waals surface area contributed by atoms with E-state index in [0.29, 0.717) is 5.89 Å². The summed E-state index contributed by atoms with van der Waals surface area (Å²) in [5.41, 5.74) is 5.69. The second-order valence-corrected chi connectivity index (χ2v) is 9.11. The van der Waals surface area contributed by atoms with Gasteiger partial charge in [-0.25, -0.2) is 9.29 Å². The highest BCUT2D eigenvalue weighted by Crippen LogP contribution is 2.42. The average Bonchev–Trinajstić information content (AvgIpc) is 3.39. The zero-order valence-corrected chi connectivity index (χ0v) is 17.1. The molecule has 4 aromatic rings. The number of hydrogen-bond donors (Lipinski definition) is 0. The molecule has 1 aliphatic rings. The van der Waals surface area contributed by atoms with Crippen LogP contribution in [0.25, 0.3) is 22.7 Å². The number of fused-ring (bicyclic) bond motifs is 1. The molecular weight excluding hydrogens is 376 g/mol. The molecule has 4 heteroatoms. The van der Waals surface area contributed by atoms with E-state index in [1.165, 1.54) is 16.0 Å². The summed E-state index contributed by atoms with van der Waals surface area (Å²) in [6, 6.07) is 27.5. The molecule has 1 aromatic heterocycles. The van der Waals surface area contributed by atoms with Gasteiger partial charge in [0, 0.05) is 29.1 Å². The molecule has 3 aromatic carbocycles. The minimum absolute atomic E-state index is 0.0743. The first kappa shape index (κ1) is 18.1. The number of hydrogen-bond acceptors (Lipinski definition) is 3. The van der Waals surface area contributed by atoms with Crippen molar-refractivity contribution in [2.45, 2.75) is 24.9 Å². The molecule has 0 aliphatic carbocycles. The van der Waals surface area contributed by atoms with Crippen molar-refractivity contribution < 1.29 is 4.42 Å². The summed E-state index contributed by atoms with van der Waals surface area (Å²) in [6.45, 7) is 4.11. The monoisotopic (exact) mass is 398 g/mol. The summed E-state index contributed by atoms with van der Waals surface area (Å²) in [5.74, 6) is 0.655. The van der Waals surface area contributed by atoms with Crippen LogP contribution in [0, 0.1) is 0 Å². The Kier molecular flexibility index (Phi) is 4.88. The van der Waals surface area contributed by atoms with Crippen molar-refractivity contribution in [1.29, 1.82) is 0 Å². The molecule has 0 radical (unpaired) electrons. The molecule has 0 saturated heterocycles. The van der Waals surface area contributed by atoms with Gasteiger partial charge in [-0.2, -0.15) is 0 Å². The molecule has 1 atom stereocenters. The molecule has 0 amide bonds. The van der Waals surface area contributed by atoms with Crippen LogP contribution in [-0.4, -0.2) is 14.7 Å². The fourth-order valence-electron chi connectivity index (χ4n) is 3.74. The fraction of sp³-hybridized carbons (Fsp3) is 0.120. The van der Waals surface area contributed by atoms with E-state index < -0.39 is 0 Å². The Morgan fingerprint density at radius 2 is 1.69 bits per heavy atom. The molecule has 0 spiro atoms. The van der Waals surface area contributed by atoms with E-state index in [2.05, 4.69) is 70.1 Å². The maximum Gasteiger partial charge on any atom is 0.226 e. The van der Waals surface area contributed by atoms with Crippen molar-refractivity contribution in [2.24, 2.45) is 0 Å². The second-order valence-electron chi connectivity index (χ2n) is 7.06. The Labute approximate surface area is 173 Å². The highest BCUT2D eigenvalue weighted by Gasteiger charge is 2.22. The van der Waals surface area contributed by atoms with Crippen molar-refractivity contribution in [3.05, 3.63) is 96.3 Å². The minimum Gasteiger partial charge on any atom is -0.444 e. The zero-order chi connectivity index (χ0) is 19.6. The van der Waals surface area contributed by atoms with Crippen molar-refractivity contribution in [2.75, 3.05) is 0 Å². The molecule has 3 nitrogen and oxygen atoms in total. The topological polar surface area (TPSA) is 29.3 Å². The standard InChI is InChI=1S/C25H22N2OS/c1-2-29-24-11-7-6-10-22(24)17-27(29)16-19-12-14-20(15-13-19)23-18-28-25(26-23)21-8-4-3-5-9-21/h2-15,18H,16-17H2,1H3. The number of rotatable bonds is 4. The predicted molar refractivity (Wildman–Crippen MR) is 121 cm³/mol. The van der Waals surface area contributed by atoms with E-state index in [-0.39, 0.29) is 10.7 Å². The molecule has 5 rings (SSSR count). The third-order valence-electron chi connectivity index (χ3n) is 5.18. The SMILES string of the molecule is C/C=S1\c2ccccc2CN1Cc1ccc(-c2coc(-c3ccccc3)n2)cc1. The highest BCUT2D eigenvalue weighted by molar-refractivity contribution is 8.13. The van der Waals surface area contributed by atoms with Crippen LogP contribution in [0.15, 0.2) is 94.4 Å². The van der Waals surface area contributed by atoms with Crippen LogP contribution in [0.1, 0.15) is 18.1 Å². The maximum atomic E-state index is 5.69. The van der Waals surface area contributed by atoms with E-state index >= 15 is 0 Å². The second kappa shape index (κ2) is 7.82. The van der Waals surface area contributed by atoms with Crippen LogP contribution >= 0.6 is 10.7 Å². The van der Waals surface area contributed by atoms with Gasteiger partial charge in [0.15, 0.2) is 0 Å². The Balaban J connectivity index is 1.33. The lowest BCUT2D eigenvalue weighted by molar-refractivity contribution is 0.474. The van der Waals surface area contributed by atoms with Gasteiger partial charge in [0.2, 0.25) is 5.89 Å². The Morgan fingerprint density at radius 1 is 0.931 bits per heavy atom. The minimum atomic E-state index is 0.0743. The first-order chi connectivity index (χ1) is 14.3. The van der Waals surface area contributed by atoms with E-state index in [4.69, 9.17) is 4.42 Å². The summed E-state index contributed by atoms with van der Waals surface area (Å²) < 4.78 is 8.23. The van der Waals surface area contributed by atoms with Gasteiger partial charge in [-0.1, -0.05) is 71.3 Å². The molecule has 0 N–H and O–H groups in total. The molecule has 1 unspecified atom stereocenters. The molecule has 0 saturated carbocycles. The molecule has 0 fully saturated rings. The van der Waals surface area contributed by atoms with Crippen molar-refractivity contribution in [3.63, 3.8) is 0 Å². The molecular formula is C25H22N2OS. The summed E-state index contributed by atoms with van der Waals surface area (Å²) >= 11 is 0. The van der Waals surface area contributed by atoms with Crippen LogP contribution in [0.2, 0.25) is 0 Å². The lowest BCUT2D eigenvalue weighted by Crippen LogP contribution is -2.11. The van der Waals surface area contributed by atoms with Gasteiger partial charge in [0.1, 0.15) is 12.0 Å². The van der Waals surface area contributed by atoms with Gasteiger partial charge in [-0.05, 0) is 41.6 Å². The van der Waals surface area contributed by atoms with Crippen LogP contribution < -0.4 is 0 Å². The number of nitrogens with zero attached hydrogens (tertiary/aromatic N) is 2. The Bertz CT molecular complexity index is 1160. The van der Waals surface area contributed by atoms with Gasteiger partial charge in [-0.3, -0.25) is 0 Å². The zero-order valence-electron chi connectivity index (χ0n) is 16.3. The molecule has 144 valence electrons. The third kappa shape index (κ3) is 3.57. The fourth-order valence-corrected chi connectivity index (χ4v) is 5.76. The van der Waals surface area contributed by atoms with Crippen LogP contribution in [0.4, 0.5) is 0 Å². The van der Waals surface area contributed by atoms with E-state index in [0.717, 1.165) is 29.9 Å². The summed E-state index contributed by atoms with van der Waals surface area (Å²) in [4.78, 5) is 6.12. The van der Waals surface area contributed by atoms with Crippen molar-refractivity contribution >= 4 is 16.0 Å². The quantitative estimate of drug-likeness (QED) is 0.373. The molecule has 1 aliphatic heterocycles. The van der Waals surface area contributed by atoms with Gasteiger partial charge in [-0.15, -0.1) is 0 Å². The number of benzene rings is 3. The van der Waals surface area contributed by atoms with E-state index in [1.54, 1.807) is 6.26 Å². The highest BCUT2D eigenvalue weighted by atomic mass is 32.2. The number of oxazole rings is 1. The molecule has 0 bridgehead atoms. The first-order valence-electron chi connectivity index (χ1n) is 9.77. The average molecular weight is 399 g/mol. The summed E-state index contributed by atoms with van der Waals surface area (Å²) in [7, 11) is 0.0743. The van der Waals surface area contributed by atoms with E-state index in [9.17, 15) is 0 Å². The van der Waals surface area contributed by atoms with Crippen LogP contribution in [0.5, 0.6) is 0 Å². The van der Waals surface area contributed by atoms with Gasteiger partial charge < -0.3 is 4.42 Å². The number of aromatic nitrogens is 1. The third-order valence-corrected chi connectivity index (χ3v) is 7.29. The van der Waals surface area contributed by atoms with Crippen LogP contribution in [-0.2, 0) is 13.1 Å². The Hall–Kier alpha value is -2.95. The first-order valence-corrected chi connectivity index (χ1v) is 11.0. The largest absolute Gasteiger partial charge is 0.444 e. The molecule has 2 heterocycles. The van der Waals surface area contributed by atoms with Crippen LogP contribution in [0.3, 0.4) is 0 Å². The summed E-state index contributed by atoms with van der Waals surface area (Å²) in [6.07, 6.45) is 1.73. The van der Waals surface area contributed by atoms with Gasteiger partial charge in [0.25, 0.3) is 0 Å². The predicted octanol–water partition coefficient (Wildman–Crippen LogP) is 6.39. The van der Waals surface area contributed by atoms with Crippen molar-refractivity contribution in [3.8, 4) is 22.7 Å². The molecule has 29 heavy (non-hydrogen) atoms. The summed E-state index contributed by atoms with van der Waals surface area (Å²) in [5, 5.41) is 2.32. The van der Waals surface area contributed by atoms with Gasteiger partial charge in [0.05, 0.1) is 0 Å². The van der Waals surface area contributed by atoms with Crippen molar-refractivity contribution in [1.82, 2.24) is 9.29 Å². The lowest BCUT2D eigenvalue weighted by Gasteiger charge is -2.18. The maximum absolute atomic E-state index is 5.69. The van der Waals surface area contributed by atoms with Gasteiger partial charge >= 0.3 is 0 Å². The Morgan fingerprint density at radius 3 is 2.48 bits per heavy atom. The lowest BCUT2D eigenvalue weighted by atomic mass is 10.1. The normalized spacial score (nSPS) is 16.2.